The fourth-order valence-electron chi connectivity index (χ4n) is 2.19. The molecular formula is C15H14BrFI2NO4PS. The molecule has 5 nitrogen and oxygen atoms in total. The Bertz CT molecular complexity index is 780. The zero-order valence-electron chi connectivity index (χ0n) is 13.7. The van der Waals surface area contributed by atoms with E-state index in [4.69, 9.17) is 13.9 Å². The summed E-state index contributed by atoms with van der Waals surface area (Å²) in [5.74, 6) is -0.420. The van der Waals surface area contributed by atoms with Crippen molar-refractivity contribution in [3.63, 3.8) is 0 Å². The lowest BCUT2D eigenvalue weighted by molar-refractivity contribution is -0.142. The predicted molar refractivity (Wildman–Crippen MR) is 121 cm³/mol. The Morgan fingerprint density at radius 3 is 2.85 bits per heavy atom. The van der Waals surface area contributed by atoms with Gasteiger partial charge in [0.15, 0.2) is 11.6 Å². The third-order valence-electron chi connectivity index (χ3n) is 3.16. The molecule has 0 aliphatic heterocycles. The van der Waals surface area contributed by atoms with Gasteiger partial charge in [-0.1, -0.05) is 15.9 Å². The minimum Gasteiger partial charge on any atom is -0.493 e. The van der Waals surface area contributed by atoms with Gasteiger partial charge in [-0.2, -0.15) is 0 Å². The summed E-state index contributed by atoms with van der Waals surface area (Å²) in [6.07, 6.45) is 1.98. The normalized spacial score (nSPS) is 12.3. The van der Waals surface area contributed by atoms with E-state index in [9.17, 15) is 9.18 Å². The first-order chi connectivity index (χ1) is 12.3. The van der Waals surface area contributed by atoms with E-state index in [-0.39, 0.29) is 14.8 Å². The lowest BCUT2D eigenvalue weighted by Gasteiger charge is -2.15. The second kappa shape index (κ2) is 10.8. The maximum Gasteiger partial charge on any atom is 0.324 e. The van der Waals surface area contributed by atoms with Crippen molar-refractivity contribution in [2.45, 2.75) is 23.4 Å². The van der Waals surface area contributed by atoms with E-state index in [1.165, 1.54) is 13.2 Å². The molecule has 1 atom stereocenters. The van der Waals surface area contributed by atoms with Crippen LogP contribution in [0.5, 0.6) is 5.75 Å². The lowest BCUT2D eigenvalue weighted by Crippen LogP contribution is -2.12. The Balaban J connectivity index is 2.29. The van der Waals surface area contributed by atoms with Crippen molar-refractivity contribution in [2.24, 2.45) is 0 Å². The maximum absolute atomic E-state index is 14.5. The highest BCUT2D eigenvalue weighted by Gasteiger charge is 2.25. The number of hydrogen-bond acceptors (Lipinski definition) is 6. The molecular weight excluding hydrogens is 674 g/mol. The van der Waals surface area contributed by atoms with Crippen LogP contribution in [0.3, 0.4) is 0 Å². The van der Waals surface area contributed by atoms with Crippen LogP contribution in [0.25, 0.3) is 0 Å². The number of halogens is 4. The quantitative estimate of drug-likeness (QED) is 0.135. The highest BCUT2D eigenvalue weighted by Crippen LogP contribution is 2.67. The third kappa shape index (κ3) is 6.18. The summed E-state index contributed by atoms with van der Waals surface area (Å²) in [4.78, 5) is 15.4. The number of benzene rings is 1. The number of rotatable bonds is 8. The number of esters is 1. The monoisotopic (exact) mass is 687 g/mol. The molecule has 11 heteroatoms. The summed E-state index contributed by atoms with van der Waals surface area (Å²) in [7, 11) is 1.36. The van der Waals surface area contributed by atoms with Crippen LogP contribution in [0.15, 0.2) is 28.0 Å². The molecule has 142 valence electrons. The summed E-state index contributed by atoms with van der Waals surface area (Å²) >= 11 is 9.46. The van der Waals surface area contributed by atoms with Crippen molar-refractivity contribution in [3.8, 4) is 5.75 Å². The molecule has 0 fully saturated rings. The van der Waals surface area contributed by atoms with Crippen molar-refractivity contribution >= 4 is 79.8 Å². The van der Waals surface area contributed by atoms with Crippen LogP contribution in [-0.2, 0) is 16.0 Å². The lowest BCUT2D eigenvalue weighted by atomic mass is 10.0. The molecule has 0 saturated carbocycles. The van der Waals surface area contributed by atoms with Crippen molar-refractivity contribution in [1.82, 2.24) is 4.98 Å². The van der Waals surface area contributed by atoms with Crippen molar-refractivity contribution in [1.29, 1.82) is 0 Å². The van der Waals surface area contributed by atoms with Gasteiger partial charge in [-0.3, -0.25) is 4.79 Å². The highest BCUT2D eigenvalue weighted by molar-refractivity contribution is 14.3. The number of methoxy groups -OCH3 is 1. The van der Waals surface area contributed by atoms with E-state index in [0.717, 1.165) is 0 Å². The fraction of sp³-hybridized carbons (Fsp3) is 0.333. The molecule has 0 amide bonds. The van der Waals surface area contributed by atoms with Crippen molar-refractivity contribution < 1.29 is 23.1 Å². The summed E-state index contributed by atoms with van der Waals surface area (Å²) in [5.41, 5.74) is 1.02. The topological polar surface area (TPSA) is 61.6 Å². The van der Waals surface area contributed by atoms with Gasteiger partial charge in [0, 0.05) is 12.0 Å². The van der Waals surface area contributed by atoms with Gasteiger partial charge < -0.3 is 13.9 Å². The standard InChI is InChI=1S/C15H14BrFI2NO4PS/c1-3-23-14(21)12(16)10-5-8(6-11(17)13(10)22-2)4-9-7-20-15(24-9)26-25(18)19/h5-7,12H,3-4H2,1-2H3. The van der Waals surface area contributed by atoms with Crippen molar-refractivity contribution in [2.75, 3.05) is 13.7 Å². The van der Waals surface area contributed by atoms with Crippen LogP contribution < -0.4 is 4.74 Å². The SMILES string of the molecule is CCOC(=O)C(Br)c1cc(Cc2cnc(SP(I)I)o2)cc(F)c1OC. The van der Waals surface area contributed by atoms with Crippen LogP contribution in [0.2, 0.25) is 0 Å². The van der Waals surface area contributed by atoms with Crippen LogP contribution >= 0.6 is 73.8 Å². The zero-order valence-corrected chi connectivity index (χ0v) is 21.3. The van der Waals surface area contributed by atoms with Crippen LogP contribution in [0, 0.1) is 5.82 Å². The Labute approximate surface area is 190 Å². The summed E-state index contributed by atoms with van der Waals surface area (Å²) in [6, 6.07) is 3.07. The molecule has 26 heavy (non-hydrogen) atoms. The second-order valence-electron chi connectivity index (χ2n) is 4.88. The number of alkyl halides is 1. The molecule has 0 aliphatic carbocycles. The van der Waals surface area contributed by atoms with Gasteiger partial charge in [-0.05, 0) is 80.1 Å². The molecule has 2 aromatic rings. The van der Waals surface area contributed by atoms with Gasteiger partial charge >= 0.3 is 5.97 Å². The maximum atomic E-state index is 14.5. The molecule has 1 heterocycles. The van der Waals surface area contributed by atoms with Gasteiger partial charge in [0.1, 0.15) is 10.6 Å². The number of nitrogens with zero attached hydrogens (tertiary/aromatic N) is 1. The Morgan fingerprint density at radius 2 is 2.23 bits per heavy atom. The highest BCUT2D eigenvalue weighted by atomic mass is 127. The number of aromatic nitrogens is 1. The van der Waals surface area contributed by atoms with Gasteiger partial charge in [0.2, 0.25) is 0 Å². The Hall–Kier alpha value is 0.350. The minimum atomic E-state index is -0.825. The van der Waals surface area contributed by atoms with Crippen LogP contribution in [0.4, 0.5) is 4.39 Å². The average Bonchev–Trinajstić information content (AvgIpc) is 3.00. The number of carbonyl (C=O) groups excluding carboxylic acids is 1. The summed E-state index contributed by atoms with van der Waals surface area (Å²) < 4.78 is 30.0. The van der Waals surface area contributed by atoms with Crippen LogP contribution in [0.1, 0.15) is 28.6 Å². The van der Waals surface area contributed by atoms with Gasteiger partial charge in [-0.25, -0.2) is 9.37 Å². The number of carbonyl (C=O) groups is 1. The molecule has 2 rings (SSSR count). The van der Waals surface area contributed by atoms with E-state index in [1.54, 1.807) is 30.6 Å². The molecule has 0 bridgehead atoms. The first-order valence-corrected chi connectivity index (χ1v) is 16.5. The minimum absolute atomic E-state index is 0.0120. The summed E-state index contributed by atoms with van der Waals surface area (Å²) in [5, 5.41) is 0.592. The van der Waals surface area contributed by atoms with Crippen LogP contribution in [-0.4, -0.2) is 24.7 Å². The van der Waals surface area contributed by atoms with E-state index >= 15 is 0 Å². The molecule has 0 N–H and O–H groups in total. The number of ether oxygens (including phenoxy) is 2. The average molecular weight is 688 g/mol. The molecule has 0 spiro atoms. The van der Waals surface area contributed by atoms with Gasteiger partial charge in [-0.15, -0.1) is 0 Å². The van der Waals surface area contributed by atoms with E-state index in [2.05, 4.69) is 65.0 Å². The molecule has 0 aliphatic rings. The molecule has 1 unspecified atom stereocenters. The predicted octanol–water partition coefficient (Wildman–Crippen LogP) is 6.60. The first kappa shape index (κ1) is 22.6. The van der Waals surface area contributed by atoms with E-state index < -0.39 is 16.6 Å². The van der Waals surface area contributed by atoms with Gasteiger partial charge in [0.25, 0.3) is 5.22 Å². The molecule has 1 aromatic carbocycles. The first-order valence-electron chi connectivity index (χ1n) is 7.27. The van der Waals surface area contributed by atoms with Gasteiger partial charge in [0.05, 0.1) is 22.3 Å². The zero-order chi connectivity index (χ0) is 19.3. The number of oxazole rings is 1. The summed E-state index contributed by atoms with van der Waals surface area (Å²) in [6.45, 7) is 1.95. The van der Waals surface area contributed by atoms with E-state index in [0.29, 0.717) is 28.5 Å². The second-order valence-corrected chi connectivity index (χ2v) is 23.6. The third-order valence-corrected chi connectivity index (χ3v) is 8.94. The number of hydrogen-bond donors (Lipinski definition) is 0. The fourth-order valence-corrected chi connectivity index (χ4v) is 6.67. The molecule has 1 aromatic heterocycles. The Kier molecular flexibility index (Phi) is 9.38. The van der Waals surface area contributed by atoms with E-state index in [1.807, 2.05) is 0 Å². The molecule has 0 radical (unpaired) electrons. The molecule has 0 saturated heterocycles. The Morgan fingerprint density at radius 1 is 1.50 bits per heavy atom. The largest absolute Gasteiger partial charge is 0.493 e. The smallest absolute Gasteiger partial charge is 0.324 e. The van der Waals surface area contributed by atoms with Crippen molar-refractivity contribution in [3.05, 3.63) is 41.0 Å².